The maximum absolute atomic E-state index is 13.1. The SMILES string of the molecule is COC(=O)Cn1c(=NC(=O)c2ccc(S(=O)(=O)N3C[C@H](C)O[C@@H](C)C3)cc2)sc2cc(C)ccc21. The number of carbonyl (C=O) groups is 2. The summed E-state index contributed by atoms with van der Waals surface area (Å²) in [4.78, 5) is 29.6. The van der Waals surface area contributed by atoms with Crippen molar-refractivity contribution < 1.29 is 27.5 Å². The molecule has 1 saturated heterocycles. The van der Waals surface area contributed by atoms with Gasteiger partial charge in [0, 0.05) is 18.7 Å². The zero-order valence-electron chi connectivity index (χ0n) is 19.9. The van der Waals surface area contributed by atoms with Gasteiger partial charge in [-0.1, -0.05) is 17.4 Å². The number of ether oxygens (including phenoxy) is 2. The third kappa shape index (κ3) is 5.37. The minimum absolute atomic E-state index is 0.0841. The van der Waals surface area contributed by atoms with Crippen molar-refractivity contribution in [2.75, 3.05) is 20.2 Å². The number of esters is 1. The number of carbonyl (C=O) groups excluding carboxylic acids is 2. The average Bonchev–Trinajstić information content (AvgIpc) is 3.13. The van der Waals surface area contributed by atoms with Gasteiger partial charge in [-0.2, -0.15) is 9.30 Å². The van der Waals surface area contributed by atoms with Gasteiger partial charge >= 0.3 is 5.97 Å². The molecule has 1 aromatic heterocycles. The van der Waals surface area contributed by atoms with E-state index in [-0.39, 0.29) is 42.3 Å². The number of aryl methyl sites for hydroxylation is 1. The molecule has 0 saturated carbocycles. The Morgan fingerprint density at radius 2 is 1.77 bits per heavy atom. The number of amides is 1. The monoisotopic (exact) mass is 517 g/mol. The first-order chi connectivity index (χ1) is 16.6. The van der Waals surface area contributed by atoms with E-state index in [9.17, 15) is 18.0 Å². The molecule has 1 fully saturated rings. The highest BCUT2D eigenvalue weighted by molar-refractivity contribution is 7.89. The number of methoxy groups -OCH3 is 1. The van der Waals surface area contributed by atoms with Gasteiger partial charge in [0.25, 0.3) is 5.91 Å². The van der Waals surface area contributed by atoms with E-state index >= 15 is 0 Å². The quantitative estimate of drug-likeness (QED) is 0.482. The summed E-state index contributed by atoms with van der Waals surface area (Å²) in [6, 6.07) is 11.5. The molecule has 2 heterocycles. The van der Waals surface area contributed by atoms with Crippen LogP contribution in [0.25, 0.3) is 10.2 Å². The van der Waals surface area contributed by atoms with Crippen LogP contribution in [0.2, 0.25) is 0 Å². The number of sulfonamides is 1. The van der Waals surface area contributed by atoms with Crippen LogP contribution >= 0.6 is 11.3 Å². The van der Waals surface area contributed by atoms with Crippen LogP contribution in [0.5, 0.6) is 0 Å². The smallest absolute Gasteiger partial charge is 0.325 e. The number of hydrogen-bond donors (Lipinski definition) is 0. The molecule has 11 heteroatoms. The largest absolute Gasteiger partial charge is 0.468 e. The van der Waals surface area contributed by atoms with Crippen LogP contribution in [0.1, 0.15) is 29.8 Å². The first kappa shape index (κ1) is 25.2. The van der Waals surface area contributed by atoms with Crippen molar-refractivity contribution in [2.45, 2.75) is 44.4 Å². The van der Waals surface area contributed by atoms with Gasteiger partial charge < -0.3 is 14.0 Å². The summed E-state index contributed by atoms with van der Waals surface area (Å²) in [5.74, 6) is -0.995. The normalized spacial score (nSPS) is 19.7. The fraction of sp³-hybridized carbons (Fsp3) is 0.375. The Hall–Kier alpha value is -2.86. The summed E-state index contributed by atoms with van der Waals surface area (Å²) in [7, 11) is -2.41. The van der Waals surface area contributed by atoms with Gasteiger partial charge in [-0.25, -0.2) is 8.42 Å². The van der Waals surface area contributed by atoms with Crippen molar-refractivity contribution in [3.05, 3.63) is 58.4 Å². The van der Waals surface area contributed by atoms with Crippen molar-refractivity contribution in [2.24, 2.45) is 4.99 Å². The van der Waals surface area contributed by atoms with Crippen LogP contribution in [0.15, 0.2) is 52.4 Å². The molecule has 3 aromatic rings. The van der Waals surface area contributed by atoms with E-state index in [0.29, 0.717) is 4.80 Å². The van der Waals surface area contributed by atoms with Crippen molar-refractivity contribution in [1.82, 2.24) is 8.87 Å². The Labute approximate surface area is 207 Å². The van der Waals surface area contributed by atoms with Crippen molar-refractivity contribution in [1.29, 1.82) is 0 Å². The summed E-state index contributed by atoms with van der Waals surface area (Å²) < 4.78 is 40.5. The zero-order chi connectivity index (χ0) is 25.3. The second-order valence-electron chi connectivity index (χ2n) is 8.54. The molecule has 9 nitrogen and oxygen atoms in total. The molecule has 186 valence electrons. The number of morpholine rings is 1. The summed E-state index contributed by atoms with van der Waals surface area (Å²) >= 11 is 1.29. The molecule has 0 bridgehead atoms. The van der Waals surface area contributed by atoms with Crippen LogP contribution in [-0.4, -0.2) is 61.6 Å². The third-order valence-electron chi connectivity index (χ3n) is 5.68. The van der Waals surface area contributed by atoms with Gasteiger partial charge in [0.1, 0.15) is 6.54 Å². The van der Waals surface area contributed by atoms with Crippen molar-refractivity contribution >= 4 is 43.5 Å². The number of fused-ring (bicyclic) bond motifs is 1. The van der Waals surface area contributed by atoms with Crippen LogP contribution in [0.4, 0.5) is 0 Å². The molecule has 2 atom stereocenters. The van der Waals surface area contributed by atoms with E-state index in [4.69, 9.17) is 9.47 Å². The molecule has 4 rings (SSSR count). The van der Waals surface area contributed by atoms with Gasteiger partial charge in [-0.05, 0) is 62.7 Å². The molecule has 1 amide bonds. The summed E-state index contributed by atoms with van der Waals surface area (Å²) in [5.41, 5.74) is 2.06. The van der Waals surface area contributed by atoms with E-state index in [1.807, 2.05) is 39.0 Å². The maximum Gasteiger partial charge on any atom is 0.325 e. The number of benzene rings is 2. The highest BCUT2D eigenvalue weighted by Gasteiger charge is 2.32. The second-order valence-corrected chi connectivity index (χ2v) is 11.5. The molecule has 2 aromatic carbocycles. The topological polar surface area (TPSA) is 107 Å². The Kier molecular flexibility index (Phi) is 7.22. The van der Waals surface area contributed by atoms with Crippen molar-refractivity contribution in [3.63, 3.8) is 0 Å². The van der Waals surface area contributed by atoms with E-state index < -0.39 is 21.9 Å². The molecule has 0 radical (unpaired) electrons. The minimum Gasteiger partial charge on any atom is -0.468 e. The lowest BCUT2D eigenvalue weighted by Gasteiger charge is -2.34. The minimum atomic E-state index is -3.72. The summed E-state index contributed by atoms with van der Waals surface area (Å²) in [6.07, 6.45) is -0.398. The molecule has 0 N–H and O–H groups in total. The lowest BCUT2D eigenvalue weighted by molar-refractivity contribution is -0.141. The fourth-order valence-corrected chi connectivity index (χ4v) is 6.73. The van der Waals surface area contributed by atoms with Gasteiger partial charge in [0.15, 0.2) is 4.80 Å². The Bertz CT molecular complexity index is 1430. The fourth-order valence-electron chi connectivity index (χ4n) is 4.01. The lowest BCUT2D eigenvalue weighted by Crippen LogP contribution is -2.48. The Morgan fingerprint density at radius 3 is 2.40 bits per heavy atom. The number of thiazole rings is 1. The molecule has 1 aliphatic rings. The number of rotatable bonds is 5. The van der Waals surface area contributed by atoms with E-state index in [2.05, 4.69) is 4.99 Å². The number of nitrogens with zero attached hydrogens (tertiary/aromatic N) is 3. The summed E-state index contributed by atoms with van der Waals surface area (Å²) in [5, 5.41) is 0. The van der Waals surface area contributed by atoms with Gasteiger partial charge in [0.05, 0.1) is 34.4 Å². The molecular formula is C24H27N3O6S2. The predicted octanol–water partition coefficient (Wildman–Crippen LogP) is 2.72. The molecule has 0 unspecified atom stereocenters. The highest BCUT2D eigenvalue weighted by atomic mass is 32.2. The number of aromatic nitrogens is 1. The molecule has 35 heavy (non-hydrogen) atoms. The lowest BCUT2D eigenvalue weighted by atomic mass is 10.2. The Balaban J connectivity index is 1.65. The van der Waals surface area contributed by atoms with Crippen LogP contribution in [0, 0.1) is 6.92 Å². The van der Waals surface area contributed by atoms with E-state index in [1.54, 1.807) is 4.57 Å². The predicted molar refractivity (Wildman–Crippen MR) is 132 cm³/mol. The van der Waals surface area contributed by atoms with E-state index in [0.717, 1.165) is 15.8 Å². The summed E-state index contributed by atoms with van der Waals surface area (Å²) in [6.45, 7) is 6.09. The molecular weight excluding hydrogens is 490 g/mol. The van der Waals surface area contributed by atoms with Gasteiger partial charge in [-0.3, -0.25) is 9.59 Å². The zero-order valence-corrected chi connectivity index (χ0v) is 21.6. The van der Waals surface area contributed by atoms with E-state index in [1.165, 1.54) is 47.0 Å². The molecule has 1 aliphatic heterocycles. The first-order valence-electron chi connectivity index (χ1n) is 11.1. The van der Waals surface area contributed by atoms with Crippen molar-refractivity contribution in [3.8, 4) is 0 Å². The molecule has 0 aliphatic carbocycles. The van der Waals surface area contributed by atoms with Crippen LogP contribution in [0.3, 0.4) is 0 Å². The highest BCUT2D eigenvalue weighted by Crippen LogP contribution is 2.22. The average molecular weight is 518 g/mol. The van der Waals surface area contributed by atoms with Crippen LogP contribution < -0.4 is 4.80 Å². The molecule has 0 spiro atoms. The van der Waals surface area contributed by atoms with Crippen LogP contribution in [-0.2, 0) is 30.8 Å². The second kappa shape index (κ2) is 10.0. The van der Waals surface area contributed by atoms with Gasteiger partial charge in [-0.15, -0.1) is 0 Å². The Morgan fingerprint density at radius 1 is 1.11 bits per heavy atom. The third-order valence-corrected chi connectivity index (χ3v) is 8.56. The van der Waals surface area contributed by atoms with Gasteiger partial charge in [0.2, 0.25) is 10.0 Å². The number of hydrogen-bond acceptors (Lipinski definition) is 7. The standard InChI is InChI=1S/C24H27N3O6S2/c1-15-5-10-20-21(11-15)34-24(27(20)14-22(28)32-4)25-23(29)18-6-8-19(9-7-18)35(30,31)26-12-16(2)33-17(3)13-26/h5-11,16-17H,12-14H2,1-4H3/t16-,17-/m0/s1. The maximum atomic E-state index is 13.1. The first-order valence-corrected chi connectivity index (χ1v) is 13.4.